The van der Waals surface area contributed by atoms with Crippen molar-refractivity contribution in [1.82, 2.24) is 9.88 Å². The van der Waals surface area contributed by atoms with Gasteiger partial charge in [0, 0.05) is 17.7 Å². The second-order valence-electron chi connectivity index (χ2n) is 6.66. The Morgan fingerprint density at radius 2 is 1.78 bits per heavy atom. The summed E-state index contributed by atoms with van der Waals surface area (Å²) < 4.78 is 92.9. The molecular weight excluding hydrogens is 451 g/mol. The van der Waals surface area contributed by atoms with Crippen molar-refractivity contribution >= 4 is 11.8 Å². The molecule has 4 N–H and O–H groups in total. The third kappa shape index (κ3) is 4.20. The summed E-state index contributed by atoms with van der Waals surface area (Å²) in [5, 5.41) is 0.287. The molecular formula is C18H16F7N5O2. The van der Waals surface area contributed by atoms with E-state index in [1.165, 1.54) is 4.90 Å². The molecule has 174 valence electrons. The van der Waals surface area contributed by atoms with Gasteiger partial charge in [-0.05, 0) is 18.2 Å². The zero-order valence-corrected chi connectivity index (χ0v) is 16.2. The van der Waals surface area contributed by atoms with E-state index in [1.807, 2.05) is 0 Å². The highest BCUT2D eigenvalue weighted by atomic mass is 19.4. The number of hydrogen-bond donors (Lipinski definition) is 2. The highest BCUT2D eigenvalue weighted by molar-refractivity contribution is 5.77. The molecule has 14 heteroatoms. The molecule has 1 aliphatic rings. The van der Waals surface area contributed by atoms with E-state index in [4.69, 9.17) is 11.5 Å². The van der Waals surface area contributed by atoms with Crippen LogP contribution in [0.2, 0.25) is 0 Å². The number of carbonyl (C=O) groups is 1. The van der Waals surface area contributed by atoms with Crippen molar-refractivity contribution in [3.05, 3.63) is 47.3 Å². The zero-order chi connectivity index (χ0) is 24.0. The molecule has 0 saturated heterocycles. The fraction of sp³-hybridized carbons (Fsp3) is 0.333. The number of carbonyl (C=O) groups excluding carboxylic acids is 1. The van der Waals surface area contributed by atoms with Crippen molar-refractivity contribution < 1.29 is 40.4 Å². The molecule has 2 heterocycles. The van der Waals surface area contributed by atoms with Crippen LogP contribution in [-0.4, -0.2) is 34.9 Å². The summed E-state index contributed by atoms with van der Waals surface area (Å²) in [7, 11) is 0. The Bertz CT molecular complexity index is 1030. The number of nitrogens with two attached hydrogens (primary N) is 2. The van der Waals surface area contributed by atoms with Crippen LogP contribution in [0, 0.1) is 5.82 Å². The Kier molecular flexibility index (Phi) is 6.06. The average Bonchev–Trinajstić information content (AvgIpc) is 2.69. The molecule has 32 heavy (non-hydrogen) atoms. The minimum absolute atomic E-state index is 0.00262. The minimum Gasteiger partial charge on any atom is -0.328 e. The van der Waals surface area contributed by atoms with E-state index in [1.54, 1.807) is 6.92 Å². The Morgan fingerprint density at radius 3 is 2.34 bits per heavy atom. The normalized spacial score (nSPS) is 19.6. The van der Waals surface area contributed by atoms with Crippen molar-refractivity contribution in [3.8, 4) is 11.3 Å². The lowest BCUT2D eigenvalue weighted by atomic mass is 10.0. The molecule has 1 aromatic heterocycles. The Hall–Kier alpha value is -2.97. The molecule has 0 saturated carbocycles. The molecule has 2 aromatic rings. The van der Waals surface area contributed by atoms with Crippen molar-refractivity contribution in [2.24, 2.45) is 11.5 Å². The average molecular weight is 467 g/mol. The summed E-state index contributed by atoms with van der Waals surface area (Å²) in [6, 6.07) is 4.42. The van der Waals surface area contributed by atoms with Crippen LogP contribution in [0.1, 0.15) is 24.2 Å². The first-order valence-corrected chi connectivity index (χ1v) is 8.99. The van der Waals surface area contributed by atoms with Gasteiger partial charge in [0.15, 0.2) is 12.1 Å². The van der Waals surface area contributed by atoms with Gasteiger partial charge in [-0.2, -0.15) is 31.4 Å². The third-order valence-corrected chi connectivity index (χ3v) is 4.72. The zero-order valence-electron chi connectivity index (χ0n) is 16.2. The second-order valence-corrected chi connectivity index (χ2v) is 6.66. The predicted molar refractivity (Wildman–Crippen MR) is 96.5 cm³/mol. The quantitative estimate of drug-likeness (QED) is 0.669. The van der Waals surface area contributed by atoms with Gasteiger partial charge in [-0.25, -0.2) is 19.1 Å². The molecule has 0 amide bonds. The third-order valence-electron chi connectivity index (χ3n) is 4.72. The lowest BCUT2D eigenvalue weighted by Gasteiger charge is -2.44. The summed E-state index contributed by atoms with van der Waals surface area (Å²) in [4.78, 5) is 20.9. The number of hydroxylamine groups is 1. The first kappa shape index (κ1) is 23.7. The van der Waals surface area contributed by atoms with Gasteiger partial charge in [0.2, 0.25) is 0 Å². The topological polar surface area (TPSA) is 97.7 Å². The number of hydrogen-bond acceptors (Lipinski definition) is 7. The molecule has 1 aromatic carbocycles. The largest absolute Gasteiger partial charge is 0.493 e. The second kappa shape index (κ2) is 8.18. The van der Waals surface area contributed by atoms with Crippen LogP contribution in [0.3, 0.4) is 0 Å². The summed E-state index contributed by atoms with van der Waals surface area (Å²) in [5.41, 5.74) is 9.05. The number of alkyl halides is 6. The van der Waals surface area contributed by atoms with E-state index in [2.05, 4.69) is 9.82 Å². The maximum Gasteiger partial charge on any atom is 0.493 e. The number of halogens is 7. The molecule has 0 radical (unpaired) electrons. The minimum atomic E-state index is -5.40. The lowest BCUT2D eigenvalue weighted by molar-refractivity contribution is -0.204. The van der Waals surface area contributed by atoms with E-state index in [0.29, 0.717) is 6.07 Å². The van der Waals surface area contributed by atoms with Gasteiger partial charge in [-0.1, -0.05) is 19.1 Å². The fourth-order valence-corrected chi connectivity index (χ4v) is 3.25. The predicted octanol–water partition coefficient (Wildman–Crippen LogP) is 3.27. The number of fused-ring (bicyclic) bond motifs is 1. The van der Waals surface area contributed by atoms with E-state index < -0.39 is 59.2 Å². The van der Waals surface area contributed by atoms with Crippen LogP contribution in [0.4, 0.5) is 36.6 Å². The molecule has 2 atom stereocenters. The number of benzene rings is 1. The molecule has 0 fully saturated rings. The van der Waals surface area contributed by atoms with Crippen molar-refractivity contribution in [1.29, 1.82) is 0 Å². The van der Waals surface area contributed by atoms with Gasteiger partial charge in [-0.3, -0.25) is 5.73 Å². The molecule has 1 aliphatic heterocycles. The SMILES string of the molecule is CCN1C(N)c2ccc(-c3c(F)cccc3C(F)(F)F)nc2N(OC(=O)C(F)(F)F)C1N. The molecule has 3 rings (SSSR count). The first-order chi connectivity index (χ1) is 14.8. The van der Waals surface area contributed by atoms with Crippen LogP contribution >= 0.6 is 0 Å². The van der Waals surface area contributed by atoms with Crippen molar-refractivity contribution in [2.75, 3.05) is 11.6 Å². The smallest absolute Gasteiger partial charge is 0.328 e. The summed E-state index contributed by atoms with van der Waals surface area (Å²) in [6.07, 6.45) is -13.0. The van der Waals surface area contributed by atoms with Gasteiger partial charge in [0.25, 0.3) is 0 Å². The highest BCUT2D eigenvalue weighted by Gasteiger charge is 2.46. The fourth-order valence-electron chi connectivity index (χ4n) is 3.25. The molecule has 0 spiro atoms. The van der Waals surface area contributed by atoms with E-state index in [-0.39, 0.29) is 17.2 Å². The van der Waals surface area contributed by atoms with Gasteiger partial charge < -0.3 is 10.6 Å². The summed E-state index contributed by atoms with van der Waals surface area (Å²) >= 11 is 0. The lowest BCUT2D eigenvalue weighted by Crippen LogP contribution is -2.61. The van der Waals surface area contributed by atoms with Gasteiger partial charge in [0.1, 0.15) is 5.82 Å². The molecule has 0 aliphatic carbocycles. The standard InChI is InChI=1S/C18H16F7N5O2/c1-2-29-13(26)8-6-7-11(12-9(17(20,21)22)4-3-5-10(12)19)28-14(8)30(16(29)27)32-15(31)18(23,24)25/h3-7,13,16H,2,26-27H2,1H3. The van der Waals surface area contributed by atoms with Crippen LogP contribution in [-0.2, 0) is 15.8 Å². The Morgan fingerprint density at radius 1 is 1.12 bits per heavy atom. The number of nitrogens with zero attached hydrogens (tertiary/aromatic N) is 3. The van der Waals surface area contributed by atoms with Crippen molar-refractivity contribution in [2.45, 2.75) is 31.7 Å². The Labute approximate surface area is 176 Å². The summed E-state index contributed by atoms with van der Waals surface area (Å²) in [5.74, 6) is -4.47. The highest BCUT2D eigenvalue weighted by Crippen LogP contribution is 2.41. The van der Waals surface area contributed by atoms with E-state index in [9.17, 15) is 35.5 Å². The number of anilines is 1. The van der Waals surface area contributed by atoms with E-state index in [0.717, 1.165) is 24.3 Å². The Balaban J connectivity index is 2.20. The number of aromatic nitrogens is 1. The number of pyridine rings is 1. The van der Waals surface area contributed by atoms with Crippen LogP contribution in [0.15, 0.2) is 30.3 Å². The van der Waals surface area contributed by atoms with Crippen LogP contribution in [0.25, 0.3) is 11.3 Å². The summed E-state index contributed by atoms with van der Waals surface area (Å²) in [6.45, 7) is 1.68. The van der Waals surface area contributed by atoms with Crippen LogP contribution < -0.4 is 16.5 Å². The van der Waals surface area contributed by atoms with Gasteiger partial charge >= 0.3 is 18.3 Å². The monoisotopic (exact) mass is 467 g/mol. The van der Waals surface area contributed by atoms with Gasteiger partial charge in [-0.15, -0.1) is 0 Å². The van der Waals surface area contributed by atoms with Crippen LogP contribution in [0.5, 0.6) is 0 Å². The molecule has 0 bridgehead atoms. The van der Waals surface area contributed by atoms with E-state index >= 15 is 0 Å². The number of rotatable bonds is 3. The van der Waals surface area contributed by atoms with Crippen molar-refractivity contribution in [3.63, 3.8) is 0 Å². The van der Waals surface area contributed by atoms with Gasteiger partial charge in [0.05, 0.1) is 17.4 Å². The molecule has 7 nitrogen and oxygen atoms in total. The molecule has 2 unspecified atom stereocenters. The maximum absolute atomic E-state index is 14.4. The first-order valence-electron chi connectivity index (χ1n) is 8.99. The maximum atomic E-state index is 14.4.